The maximum atomic E-state index is 13.0. The lowest BCUT2D eigenvalue weighted by molar-refractivity contribution is 0.149. The lowest BCUT2D eigenvalue weighted by Crippen LogP contribution is -2.15. The van der Waals surface area contributed by atoms with Gasteiger partial charge in [-0.1, -0.05) is 0 Å². The number of H-pyrrole nitrogens is 1. The highest BCUT2D eigenvalue weighted by Gasteiger charge is 2.18. The number of rotatable bonds is 2. The molecule has 0 fully saturated rings. The van der Waals surface area contributed by atoms with Gasteiger partial charge < -0.3 is 4.98 Å². The van der Waals surface area contributed by atoms with Gasteiger partial charge in [0.1, 0.15) is 0 Å². The van der Waals surface area contributed by atoms with Gasteiger partial charge in [-0.2, -0.15) is 5.26 Å². The normalized spacial score (nSPS) is 10.2. The quantitative estimate of drug-likeness (QED) is 0.790. The number of pyridine rings is 1. The van der Waals surface area contributed by atoms with Crippen molar-refractivity contribution in [2.45, 2.75) is 12.8 Å². The Hall–Kier alpha value is -1.77. The first kappa shape index (κ1) is 10.3. The van der Waals surface area contributed by atoms with Crippen molar-refractivity contribution in [1.82, 2.24) is 4.98 Å². The van der Waals surface area contributed by atoms with Crippen LogP contribution in [0.5, 0.6) is 0 Å². The summed E-state index contributed by atoms with van der Waals surface area (Å²) >= 11 is 0. The minimum atomic E-state index is -2.91. The molecule has 1 rings (SSSR count). The van der Waals surface area contributed by atoms with Crippen molar-refractivity contribution in [3.8, 4) is 6.07 Å². The Labute approximate surface area is 76.8 Å². The van der Waals surface area contributed by atoms with Crippen LogP contribution in [0.3, 0.4) is 0 Å². The van der Waals surface area contributed by atoms with Crippen LogP contribution in [0.2, 0.25) is 0 Å². The highest BCUT2D eigenvalue weighted by Crippen LogP contribution is 2.22. The van der Waals surface area contributed by atoms with E-state index in [-0.39, 0.29) is 0 Å². The molecule has 0 radical (unpaired) electrons. The van der Waals surface area contributed by atoms with Crippen molar-refractivity contribution >= 4 is 0 Å². The van der Waals surface area contributed by atoms with Crippen LogP contribution in [0.1, 0.15) is 17.6 Å². The number of nitrogens with one attached hydrogen (secondary N) is 1. The van der Waals surface area contributed by atoms with E-state index in [0.29, 0.717) is 0 Å². The molecule has 0 amide bonds. The van der Waals surface area contributed by atoms with Gasteiger partial charge in [-0.25, -0.2) is 13.2 Å². The van der Waals surface area contributed by atoms with E-state index in [1.807, 2.05) is 4.98 Å². The second kappa shape index (κ2) is 3.96. The molecule has 1 heterocycles. The number of hydrogen-bond donors (Lipinski definition) is 1. The molecule has 1 aromatic rings. The van der Waals surface area contributed by atoms with Crippen LogP contribution in [0.15, 0.2) is 11.0 Å². The van der Waals surface area contributed by atoms with Crippen LogP contribution in [-0.2, 0) is 6.42 Å². The van der Waals surface area contributed by atoms with E-state index in [9.17, 15) is 18.0 Å². The first-order valence-corrected chi connectivity index (χ1v) is 3.63. The molecule has 0 spiro atoms. The fourth-order valence-electron chi connectivity index (χ4n) is 1.01. The van der Waals surface area contributed by atoms with Crippen LogP contribution in [0.4, 0.5) is 13.2 Å². The van der Waals surface area contributed by atoms with Crippen LogP contribution >= 0.6 is 0 Å². The molecule has 14 heavy (non-hydrogen) atoms. The fraction of sp³-hybridized carbons (Fsp3) is 0.250. The minimum absolute atomic E-state index is 0.536. The number of hydrogen-bond acceptors (Lipinski definition) is 2. The summed E-state index contributed by atoms with van der Waals surface area (Å²) in [6.45, 7) is 0. The molecule has 0 saturated heterocycles. The van der Waals surface area contributed by atoms with Crippen molar-refractivity contribution in [2.75, 3.05) is 0 Å². The molecule has 3 nitrogen and oxygen atoms in total. The molecular weight excluding hydrogens is 197 g/mol. The highest BCUT2D eigenvalue weighted by molar-refractivity contribution is 5.28. The van der Waals surface area contributed by atoms with Gasteiger partial charge in [0.25, 0.3) is 12.0 Å². The zero-order chi connectivity index (χ0) is 10.7. The first-order valence-electron chi connectivity index (χ1n) is 3.63. The van der Waals surface area contributed by atoms with Crippen LogP contribution < -0.4 is 5.56 Å². The molecule has 6 heteroatoms. The van der Waals surface area contributed by atoms with Gasteiger partial charge in [0.2, 0.25) is 0 Å². The summed E-state index contributed by atoms with van der Waals surface area (Å²) < 4.78 is 37.5. The number of alkyl halides is 2. The van der Waals surface area contributed by atoms with Crippen molar-refractivity contribution in [1.29, 1.82) is 5.26 Å². The van der Waals surface area contributed by atoms with Gasteiger partial charge in [0.05, 0.1) is 12.5 Å². The van der Waals surface area contributed by atoms with Crippen molar-refractivity contribution in [3.63, 3.8) is 0 Å². The summed E-state index contributed by atoms with van der Waals surface area (Å²) in [4.78, 5) is 12.5. The van der Waals surface area contributed by atoms with Gasteiger partial charge in [-0.15, -0.1) is 0 Å². The van der Waals surface area contributed by atoms with Gasteiger partial charge in [-0.3, -0.25) is 4.79 Å². The van der Waals surface area contributed by atoms with E-state index in [2.05, 4.69) is 0 Å². The second-order valence-corrected chi connectivity index (χ2v) is 2.50. The zero-order valence-corrected chi connectivity index (χ0v) is 6.85. The SMILES string of the molecule is N#CCc1c(C(F)F)c[nH]c(=O)c1F. The smallest absolute Gasteiger partial charge is 0.284 e. The lowest BCUT2D eigenvalue weighted by Gasteiger charge is -2.05. The third-order valence-electron chi connectivity index (χ3n) is 1.66. The Morgan fingerprint density at radius 3 is 2.71 bits per heavy atom. The molecule has 0 unspecified atom stereocenters. The molecule has 0 bridgehead atoms. The van der Waals surface area contributed by atoms with E-state index < -0.39 is 35.3 Å². The Bertz CT molecular complexity index is 433. The van der Waals surface area contributed by atoms with Gasteiger partial charge in [0.15, 0.2) is 5.82 Å². The molecule has 0 aliphatic rings. The fourth-order valence-corrected chi connectivity index (χ4v) is 1.01. The maximum Gasteiger partial charge on any atom is 0.284 e. The Balaban J connectivity index is 3.39. The summed E-state index contributed by atoms with van der Waals surface area (Å²) in [5.74, 6) is -1.32. The third kappa shape index (κ3) is 1.76. The number of nitriles is 1. The third-order valence-corrected chi connectivity index (χ3v) is 1.66. The average Bonchev–Trinajstić information content (AvgIpc) is 2.13. The van der Waals surface area contributed by atoms with Crippen LogP contribution in [0, 0.1) is 17.1 Å². The summed E-state index contributed by atoms with van der Waals surface area (Å²) in [6.07, 6.45) is -2.73. The van der Waals surface area contributed by atoms with Crippen molar-refractivity contribution in [2.24, 2.45) is 0 Å². The molecule has 0 aliphatic carbocycles. The molecule has 0 aliphatic heterocycles. The standard InChI is InChI=1S/C8H5F3N2O/c9-6-4(1-2-12)5(7(10)11)3-13-8(6)14/h3,7H,1H2,(H,13,14). The second-order valence-electron chi connectivity index (χ2n) is 2.50. The molecule has 0 atom stereocenters. The largest absolute Gasteiger partial charge is 0.326 e. The number of aromatic nitrogens is 1. The van der Waals surface area contributed by atoms with Gasteiger partial charge in [0, 0.05) is 17.3 Å². The predicted molar refractivity (Wildman–Crippen MR) is 41.3 cm³/mol. The monoisotopic (exact) mass is 202 g/mol. The molecule has 0 aromatic carbocycles. The number of halogens is 3. The number of aromatic amines is 1. The summed E-state index contributed by atoms with van der Waals surface area (Å²) in [6, 6.07) is 1.52. The molecule has 74 valence electrons. The highest BCUT2D eigenvalue weighted by atomic mass is 19.3. The topological polar surface area (TPSA) is 56.6 Å². The van der Waals surface area contributed by atoms with Gasteiger partial charge >= 0.3 is 0 Å². The van der Waals surface area contributed by atoms with Crippen molar-refractivity contribution < 1.29 is 13.2 Å². The van der Waals surface area contributed by atoms with Crippen LogP contribution in [0.25, 0.3) is 0 Å². The Morgan fingerprint density at radius 2 is 2.21 bits per heavy atom. The number of nitrogens with zero attached hydrogens (tertiary/aromatic N) is 1. The Morgan fingerprint density at radius 1 is 1.57 bits per heavy atom. The molecule has 1 N–H and O–H groups in total. The first-order chi connectivity index (χ1) is 6.57. The van der Waals surface area contributed by atoms with Crippen LogP contribution in [-0.4, -0.2) is 4.98 Å². The van der Waals surface area contributed by atoms with E-state index in [4.69, 9.17) is 5.26 Å². The predicted octanol–water partition coefficient (Wildman–Crippen LogP) is 1.52. The Kier molecular flexibility index (Phi) is 2.92. The maximum absolute atomic E-state index is 13.0. The molecular formula is C8H5F3N2O. The summed E-state index contributed by atoms with van der Waals surface area (Å²) in [5, 5.41) is 8.27. The summed E-state index contributed by atoms with van der Waals surface area (Å²) in [5.41, 5.74) is -2.28. The zero-order valence-electron chi connectivity index (χ0n) is 6.85. The minimum Gasteiger partial charge on any atom is -0.326 e. The molecule has 1 aromatic heterocycles. The van der Waals surface area contributed by atoms with E-state index in [1.165, 1.54) is 6.07 Å². The molecule has 0 saturated carbocycles. The van der Waals surface area contributed by atoms with Gasteiger partial charge in [-0.05, 0) is 0 Å². The lowest BCUT2D eigenvalue weighted by atomic mass is 10.1. The average molecular weight is 202 g/mol. The summed E-state index contributed by atoms with van der Waals surface area (Å²) in [7, 11) is 0. The van der Waals surface area contributed by atoms with Crippen molar-refractivity contribution in [3.05, 3.63) is 33.5 Å². The van der Waals surface area contributed by atoms with E-state index >= 15 is 0 Å². The van der Waals surface area contributed by atoms with E-state index in [1.54, 1.807) is 0 Å². The van der Waals surface area contributed by atoms with E-state index in [0.717, 1.165) is 6.20 Å².